The van der Waals surface area contributed by atoms with Crippen molar-refractivity contribution in [2.75, 3.05) is 7.11 Å². The molecule has 0 aliphatic rings. The van der Waals surface area contributed by atoms with Crippen LogP contribution in [0.25, 0.3) is 21.8 Å². The van der Waals surface area contributed by atoms with Gasteiger partial charge in [-0.1, -0.05) is 47.5 Å². The van der Waals surface area contributed by atoms with Gasteiger partial charge in [-0.2, -0.15) is 0 Å². The number of rotatable bonds is 5. The number of benzene rings is 3. The van der Waals surface area contributed by atoms with E-state index in [4.69, 9.17) is 10.5 Å². The third kappa shape index (κ3) is 3.16. The van der Waals surface area contributed by atoms with Gasteiger partial charge in [-0.3, -0.25) is 4.79 Å². The Bertz CT molecular complexity index is 1180. The average Bonchev–Trinajstić information content (AvgIpc) is 2.94. The summed E-state index contributed by atoms with van der Waals surface area (Å²) in [5.41, 5.74) is 13.2. The van der Waals surface area contributed by atoms with Gasteiger partial charge >= 0.3 is 0 Å². The van der Waals surface area contributed by atoms with Crippen LogP contribution in [0.5, 0.6) is 0 Å². The molecule has 4 aromatic rings. The molecule has 4 nitrogen and oxygen atoms in total. The molecule has 4 rings (SSSR count). The molecule has 0 bridgehead atoms. The Kier molecular flexibility index (Phi) is 4.65. The zero-order chi connectivity index (χ0) is 19.8. The van der Waals surface area contributed by atoms with Crippen molar-refractivity contribution in [3.8, 4) is 0 Å². The first-order valence-electron chi connectivity index (χ1n) is 9.37. The molecule has 0 fully saturated rings. The molecule has 0 saturated heterocycles. The highest BCUT2D eigenvalue weighted by Gasteiger charge is 2.17. The Morgan fingerprint density at radius 3 is 2.39 bits per heavy atom. The van der Waals surface area contributed by atoms with Crippen molar-refractivity contribution in [3.05, 3.63) is 82.4 Å². The van der Waals surface area contributed by atoms with Gasteiger partial charge in [0.15, 0.2) is 0 Å². The van der Waals surface area contributed by atoms with Crippen LogP contribution in [-0.2, 0) is 17.9 Å². The third-order valence-electron chi connectivity index (χ3n) is 5.15. The topological polar surface area (TPSA) is 57.2 Å². The van der Waals surface area contributed by atoms with E-state index in [1.165, 1.54) is 16.7 Å². The second-order valence-corrected chi connectivity index (χ2v) is 7.43. The molecule has 4 heteroatoms. The number of hydrogen-bond acceptors (Lipinski definition) is 2. The van der Waals surface area contributed by atoms with Crippen LogP contribution in [0.1, 0.15) is 32.6 Å². The van der Waals surface area contributed by atoms with Crippen LogP contribution in [0, 0.1) is 13.8 Å². The quantitative estimate of drug-likeness (QED) is 0.552. The van der Waals surface area contributed by atoms with Crippen LogP contribution >= 0.6 is 0 Å². The van der Waals surface area contributed by atoms with E-state index in [-0.39, 0.29) is 0 Å². The van der Waals surface area contributed by atoms with E-state index in [1.54, 1.807) is 13.2 Å². The Morgan fingerprint density at radius 1 is 0.964 bits per heavy atom. The summed E-state index contributed by atoms with van der Waals surface area (Å²) in [6.45, 7) is 5.50. The van der Waals surface area contributed by atoms with Crippen molar-refractivity contribution in [2.24, 2.45) is 5.73 Å². The van der Waals surface area contributed by atoms with Gasteiger partial charge in [0.2, 0.25) is 5.91 Å². The van der Waals surface area contributed by atoms with Crippen molar-refractivity contribution in [3.63, 3.8) is 0 Å². The van der Waals surface area contributed by atoms with Gasteiger partial charge in [0, 0.05) is 35.5 Å². The molecule has 1 amide bonds. The standard InChI is InChI=1S/C24H24N2O2/c1-15-9-16(2)11-18(10-15)13-26-21-6-4-5-20(24(25)27)23(21)19-8-7-17(14-28-3)12-22(19)26/h4-12H,13-14H2,1-3H3,(H2,25,27). The van der Waals surface area contributed by atoms with E-state index in [0.29, 0.717) is 12.2 Å². The summed E-state index contributed by atoms with van der Waals surface area (Å²) in [6.07, 6.45) is 0. The Hall–Kier alpha value is -3.11. The fraction of sp³-hybridized carbons (Fsp3) is 0.208. The zero-order valence-electron chi connectivity index (χ0n) is 16.5. The fourth-order valence-electron chi connectivity index (χ4n) is 4.16. The van der Waals surface area contributed by atoms with Crippen LogP contribution in [-0.4, -0.2) is 17.6 Å². The number of aromatic nitrogens is 1. The van der Waals surface area contributed by atoms with E-state index in [1.807, 2.05) is 12.1 Å². The van der Waals surface area contributed by atoms with Crippen LogP contribution < -0.4 is 5.73 Å². The summed E-state index contributed by atoms with van der Waals surface area (Å²) in [5, 5.41) is 1.95. The van der Waals surface area contributed by atoms with Gasteiger partial charge in [0.1, 0.15) is 0 Å². The summed E-state index contributed by atoms with van der Waals surface area (Å²) >= 11 is 0. The maximum Gasteiger partial charge on any atom is 0.249 e. The summed E-state index contributed by atoms with van der Waals surface area (Å²) in [6, 6.07) is 18.6. The SMILES string of the molecule is COCc1ccc2c3c(C(N)=O)cccc3n(Cc3cc(C)cc(C)c3)c2c1. The molecule has 1 aromatic heterocycles. The summed E-state index contributed by atoms with van der Waals surface area (Å²) in [5.74, 6) is -0.406. The van der Waals surface area contributed by atoms with Crippen LogP contribution in [0.4, 0.5) is 0 Å². The first-order valence-corrected chi connectivity index (χ1v) is 9.37. The van der Waals surface area contributed by atoms with E-state index in [9.17, 15) is 4.79 Å². The second-order valence-electron chi connectivity index (χ2n) is 7.43. The molecular formula is C24H24N2O2. The maximum atomic E-state index is 12.1. The van der Waals surface area contributed by atoms with Gasteiger partial charge in [0.05, 0.1) is 12.1 Å². The predicted molar refractivity (Wildman–Crippen MR) is 114 cm³/mol. The number of nitrogens with zero attached hydrogens (tertiary/aromatic N) is 1. The van der Waals surface area contributed by atoms with Gasteiger partial charge in [0.25, 0.3) is 0 Å². The number of methoxy groups -OCH3 is 1. The van der Waals surface area contributed by atoms with Crippen LogP contribution in [0.15, 0.2) is 54.6 Å². The Labute approximate surface area is 164 Å². The molecular weight excluding hydrogens is 348 g/mol. The molecule has 0 aliphatic heterocycles. The first-order chi connectivity index (χ1) is 13.5. The number of nitrogens with two attached hydrogens (primary N) is 1. The highest BCUT2D eigenvalue weighted by Crippen LogP contribution is 2.33. The molecule has 0 aliphatic carbocycles. The van der Waals surface area contributed by atoms with Crippen molar-refractivity contribution in [2.45, 2.75) is 27.0 Å². The molecule has 1 heterocycles. The Morgan fingerprint density at radius 2 is 1.71 bits per heavy atom. The number of hydrogen-bond donors (Lipinski definition) is 1. The molecule has 28 heavy (non-hydrogen) atoms. The Balaban J connectivity index is 2.02. The lowest BCUT2D eigenvalue weighted by Crippen LogP contribution is -2.11. The lowest BCUT2D eigenvalue weighted by atomic mass is 10.0. The number of ether oxygens (including phenoxy) is 1. The largest absolute Gasteiger partial charge is 0.380 e. The highest BCUT2D eigenvalue weighted by molar-refractivity contribution is 6.17. The van der Waals surface area contributed by atoms with E-state index in [2.05, 4.69) is 54.8 Å². The average molecular weight is 372 g/mol. The number of fused-ring (bicyclic) bond motifs is 3. The molecule has 142 valence electrons. The monoisotopic (exact) mass is 372 g/mol. The van der Waals surface area contributed by atoms with Gasteiger partial charge in [-0.15, -0.1) is 0 Å². The lowest BCUT2D eigenvalue weighted by Gasteiger charge is -2.11. The summed E-state index contributed by atoms with van der Waals surface area (Å²) < 4.78 is 7.59. The van der Waals surface area contributed by atoms with Crippen molar-refractivity contribution in [1.29, 1.82) is 0 Å². The number of amides is 1. The molecule has 0 unspecified atom stereocenters. The molecule has 0 spiro atoms. The maximum absolute atomic E-state index is 12.1. The zero-order valence-corrected chi connectivity index (χ0v) is 16.5. The molecule has 3 aromatic carbocycles. The minimum atomic E-state index is -0.406. The first kappa shape index (κ1) is 18.3. The fourth-order valence-corrected chi connectivity index (χ4v) is 4.16. The van der Waals surface area contributed by atoms with E-state index >= 15 is 0 Å². The van der Waals surface area contributed by atoms with Crippen LogP contribution in [0.2, 0.25) is 0 Å². The van der Waals surface area contributed by atoms with Gasteiger partial charge < -0.3 is 15.0 Å². The normalized spacial score (nSPS) is 11.4. The number of primary amides is 1. The second kappa shape index (κ2) is 7.13. The minimum absolute atomic E-state index is 0.406. The van der Waals surface area contributed by atoms with Crippen molar-refractivity contribution in [1.82, 2.24) is 4.57 Å². The predicted octanol–water partition coefficient (Wildman–Crippen LogP) is 4.70. The van der Waals surface area contributed by atoms with Crippen molar-refractivity contribution >= 4 is 27.7 Å². The number of carbonyl (C=O) groups is 1. The lowest BCUT2D eigenvalue weighted by molar-refractivity contribution is 0.100. The molecule has 0 saturated carbocycles. The minimum Gasteiger partial charge on any atom is -0.380 e. The molecule has 2 N–H and O–H groups in total. The third-order valence-corrected chi connectivity index (χ3v) is 5.15. The van der Waals surface area contributed by atoms with Gasteiger partial charge in [-0.05, 0) is 43.2 Å². The highest BCUT2D eigenvalue weighted by atomic mass is 16.5. The number of carbonyl (C=O) groups excluding carboxylic acids is 1. The van der Waals surface area contributed by atoms with E-state index < -0.39 is 5.91 Å². The summed E-state index contributed by atoms with van der Waals surface area (Å²) in [4.78, 5) is 12.1. The van der Waals surface area contributed by atoms with Crippen LogP contribution in [0.3, 0.4) is 0 Å². The molecule has 0 atom stereocenters. The smallest absolute Gasteiger partial charge is 0.249 e. The van der Waals surface area contributed by atoms with Crippen molar-refractivity contribution < 1.29 is 9.53 Å². The molecule has 0 radical (unpaired) electrons. The number of aryl methyl sites for hydroxylation is 2. The van der Waals surface area contributed by atoms with E-state index in [0.717, 1.165) is 33.9 Å². The van der Waals surface area contributed by atoms with Gasteiger partial charge in [-0.25, -0.2) is 0 Å². The summed E-state index contributed by atoms with van der Waals surface area (Å²) in [7, 11) is 1.69.